The van der Waals surface area contributed by atoms with E-state index in [2.05, 4.69) is 15.5 Å². The highest BCUT2D eigenvalue weighted by Gasteiger charge is 2.20. The maximum Gasteiger partial charge on any atom is 0.241 e. The molecule has 2 aromatic rings. The minimum Gasteiger partial charge on any atom is -0.378 e. The Morgan fingerprint density at radius 2 is 1.57 bits per heavy atom. The Bertz CT molecular complexity index is 846. The second-order valence-electron chi connectivity index (χ2n) is 7.64. The second kappa shape index (κ2) is 10.2. The highest BCUT2D eigenvalue weighted by Crippen LogP contribution is 2.19. The molecule has 30 heavy (non-hydrogen) atoms. The van der Waals surface area contributed by atoms with Gasteiger partial charge in [0.05, 0.1) is 25.8 Å². The first-order valence-corrected chi connectivity index (χ1v) is 10.2. The summed E-state index contributed by atoms with van der Waals surface area (Å²) < 4.78 is 5.38. The molecule has 1 atom stereocenters. The molecule has 1 aliphatic heterocycles. The van der Waals surface area contributed by atoms with Crippen molar-refractivity contribution in [3.63, 3.8) is 0 Å². The number of hydrogen-bond acceptors (Lipinski definition) is 5. The van der Waals surface area contributed by atoms with Gasteiger partial charge < -0.3 is 20.3 Å². The average Bonchev–Trinajstić information content (AvgIpc) is 2.76. The number of nitrogens with zero attached hydrogens (tertiary/aromatic N) is 2. The van der Waals surface area contributed by atoms with Crippen LogP contribution in [0.25, 0.3) is 0 Å². The van der Waals surface area contributed by atoms with Gasteiger partial charge in [0.2, 0.25) is 11.8 Å². The summed E-state index contributed by atoms with van der Waals surface area (Å²) >= 11 is 0. The summed E-state index contributed by atoms with van der Waals surface area (Å²) in [6.45, 7) is 7.13. The molecule has 0 bridgehead atoms. The number of benzene rings is 2. The van der Waals surface area contributed by atoms with E-state index in [0.717, 1.165) is 48.9 Å². The topological polar surface area (TPSA) is 73.9 Å². The van der Waals surface area contributed by atoms with E-state index in [9.17, 15) is 9.59 Å². The minimum atomic E-state index is -0.451. The minimum absolute atomic E-state index is 0.123. The van der Waals surface area contributed by atoms with Gasteiger partial charge in [0.25, 0.3) is 0 Å². The summed E-state index contributed by atoms with van der Waals surface area (Å²) in [6, 6.07) is 15.0. The molecule has 1 heterocycles. The molecule has 1 fully saturated rings. The monoisotopic (exact) mass is 410 g/mol. The molecule has 7 heteroatoms. The third-order valence-electron chi connectivity index (χ3n) is 5.28. The number of nitrogens with one attached hydrogen (secondary N) is 2. The van der Waals surface area contributed by atoms with Crippen molar-refractivity contribution < 1.29 is 14.3 Å². The number of carbonyl (C=O) groups excluding carboxylic acids is 2. The van der Waals surface area contributed by atoms with Gasteiger partial charge in [-0.3, -0.25) is 14.5 Å². The number of rotatable bonds is 7. The summed E-state index contributed by atoms with van der Waals surface area (Å²) in [6.07, 6.45) is 0. The van der Waals surface area contributed by atoms with Crippen LogP contribution < -0.4 is 15.5 Å². The van der Waals surface area contributed by atoms with Crippen LogP contribution in [0.3, 0.4) is 0 Å². The van der Waals surface area contributed by atoms with Gasteiger partial charge in [0, 0.05) is 30.2 Å². The van der Waals surface area contributed by atoms with Crippen LogP contribution in [-0.4, -0.2) is 62.7 Å². The van der Waals surface area contributed by atoms with Crippen LogP contribution in [0.5, 0.6) is 0 Å². The highest BCUT2D eigenvalue weighted by atomic mass is 16.5. The number of amides is 2. The first-order valence-electron chi connectivity index (χ1n) is 10.2. The molecule has 1 unspecified atom stereocenters. The van der Waals surface area contributed by atoms with Crippen molar-refractivity contribution >= 4 is 28.9 Å². The third kappa shape index (κ3) is 6.05. The third-order valence-corrected chi connectivity index (χ3v) is 5.28. The number of carbonyl (C=O) groups is 2. The van der Waals surface area contributed by atoms with Gasteiger partial charge in [-0.2, -0.15) is 0 Å². The molecule has 2 N–H and O–H groups in total. The molecular formula is C23H30N4O3. The van der Waals surface area contributed by atoms with Crippen LogP contribution in [-0.2, 0) is 14.3 Å². The van der Waals surface area contributed by atoms with Gasteiger partial charge >= 0.3 is 0 Å². The maximum absolute atomic E-state index is 12.6. The highest BCUT2D eigenvalue weighted by molar-refractivity contribution is 5.96. The molecule has 0 saturated carbocycles. The molecule has 0 spiro atoms. The maximum atomic E-state index is 12.6. The lowest BCUT2D eigenvalue weighted by Gasteiger charge is -2.29. The second-order valence-corrected chi connectivity index (χ2v) is 7.64. The molecule has 1 aliphatic rings. The molecule has 0 radical (unpaired) electrons. The zero-order valence-electron chi connectivity index (χ0n) is 17.9. The number of ether oxygens (including phenoxy) is 1. The lowest BCUT2D eigenvalue weighted by molar-refractivity contribution is -0.122. The molecule has 0 aliphatic carbocycles. The van der Waals surface area contributed by atoms with Gasteiger partial charge in [-0.05, 0) is 57.3 Å². The van der Waals surface area contributed by atoms with E-state index in [4.69, 9.17) is 4.74 Å². The lowest BCUT2D eigenvalue weighted by atomic mass is 10.2. The largest absolute Gasteiger partial charge is 0.378 e. The van der Waals surface area contributed by atoms with Gasteiger partial charge in [-0.15, -0.1) is 0 Å². The fourth-order valence-electron chi connectivity index (χ4n) is 3.22. The van der Waals surface area contributed by atoms with Crippen LogP contribution in [0.15, 0.2) is 48.5 Å². The Kier molecular flexibility index (Phi) is 7.43. The molecule has 0 aromatic heterocycles. The fraction of sp³-hybridized carbons (Fsp3) is 0.391. The molecule has 7 nitrogen and oxygen atoms in total. The van der Waals surface area contributed by atoms with Gasteiger partial charge in [0.1, 0.15) is 0 Å². The van der Waals surface area contributed by atoms with Gasteiger partial charge in [0.15, 0.2) is 0 Å². The Hall–Kier alpha value is -2.90. The molecule has 2 aromatic carbocycles. The van der Waals surface area contributed by atoms with Crippen LogP contribution in [0.1, 0.15) is 12.5 Å². The molecular weight excluding hydrogens is 380 g/mol. The van der Waals surface area contributed by atoms with Gasteiger partial charge in [-0.1, -0.05) is 17.7 Å². The van der Waals surface area contributed by atoms with Crippen molar-refractivity contribution in [1.29, 1.82) is 0 Å². The molecule has 160 valence electrons. The predicted octanol–water partition coefficient (Wildman–Crippen LogP) is 2.73. The van der Waals surface area contributed by atoms with E-state index in [1.165, 1.54) is 0 Å². The summed E-state index contributed by atoms with van der Waals surface area (Å²) in [7, 11) is 1.76. The number of anilines is 3. The van der Waals surface area contributed by atoms with Crippen molar-refractivity contribution in [2.75, 3.05) is 55.4 Å². The van der Waals surface area contributed by atoms with Crippen LogP contribution in [0, 0.1) is 6.92 Å². The Labute approximate surface area is 178 Å². The van der Waals surface area contributed by atoms with Crippen LogP contribution in [0.2, 0.25) is 0 Å². The zero-order chi connectivity index (χ0) is 21.5. The van der Waals surface area contributed by atoms with E-state index in [1.54, 1.807) is 18.9 Å². The summed E-state index contributed by atoms with van der Waals surface area (Å²) in [5.41, 5.74) is 3.74. The molecule has 1 saturated heterocycles. The quantitative estimate of drug-likeness (QED) is 0.734. The standard InChI is InChI=1S/C23H30N4O3/c1-17-4-6-19(7-5-17)24-22(28)16-26(3)18(2)23(29)25-20-8-10-21(11-9-20)27-12-14-30-15-13-27/h4-11,18H,12-16H2,1-3H3,(H,24,28)(H,25,29). The van der Waals surface area contributed by atoms with Crippen molar-refractivity contribution in [1.82, 2.24) is 4.90 Å². The SMILES string of the molecule is Cc1ccc(NC(=O)CN(C)C(C)C(=O)Nc2ccc(N3CCOCC3)cc2)cc1. The molecule has 3 rings (SSSR count). The fourth-order valence-corrected chi connectivity index (χ4v) is 3.22. The Morgan fingerprint density at radius 1 is 1.00 bits per heavy atom. The Morgan fingerprint density at radius 3 is 2.20 bits per heavy atom. The van der Waals surface area contributed by atoms with E-state index in [1.807, 2.05) is 55.5 Å². The Balaban J connectivity index is 1.49. The van der Waals surface area contributed by atoms with Crippen molar-refractivity contribution in [2.45, 2.75) is 19.9 Å². The first kappa shape index (κ1) is 21.8. The number of morpholine rings is 1. The van der Waals surface area contributed by atoms with E-state index in [0.29, 0.717) is 0 Å². The summed E-state index contributed by atoms with van der Waals surface area (Å²) in [4.78, 5) is 28.9. The van der Waals surface area contributed by atoms with E-state index >= 15 is 0 Å². The van der Waals surface area contributed by atoms with Crippen LogP contribution in [0.4, 0.5) is 17.1 Å². The number of hydrogen-bond donors (Lipinski definition) is 2. The summed E-state index contributed by atoms with van der Waals surface area (Å²) in [5.74, 6) is -0.310. The smallest absolute Gasteiger partial charge is 0.241 e. The normalized spacial score (nSPS) is 15.0. The molecule has 2 amide bonds. The van der Waals surface area contributed by atoms with Crippen molar-refractivity contribution in [3.05, 3.63) is 54.1 Å². The van der Waals surface area contributed by atoms with Gasteiger partial charge in [-0.25, -0.2) is 0 Å². The van der Waals surface area contributed by atoms with E-state index < -0.39 is 6.04 Å². The zero-order valence-corrected chi connectivity index (χ0v) is 17.9. The summed E-state index contributed by atoms with van der Waals surface area (Å²) in [5, 5.41) is 5.78. The van der Waals surface area contributed by atoms with Crippen molar-refractivity contribution in [2.24, 2.45) is 0 Å². The lowest BCUT2D eigenvalue weighted by Crippen LogP contribution is -2.43. The predicted molar refractivity (Wildman–Crippen MR) is 120 cm³/mol. The van der Waals surface area contributed by atoms with Crippen LogP contribution >= 0.6 is 0 Å². The van der Waals surface area contributed by atoms with Crippen molar-refractivity contribution in [3.8, 4) is 0 Å². The number of aryl methyl sites for hydroxylation is 1. The number of likely N-dealkylation sites (N-methyl/N-ethyl adjacent to an activating group) is 1. The average molecular weight is 411 g/mol. The first-order chi connectivity index (χ1) is 14.4. The van der Waals surface area contributed by atoms with E-state index in [-0.39, 0.29) is 18.4 Å².